The van der Waals surface area contributed by atoms with Gasteiger partial charge in [-0.1, -0.05) is 12.1 Å². The van der Waals surface area contributed by atoms with Gasteiger partial charge in [0.2, 0.25) is 0 Å². The van der Waals surface area contributed by atoms with Crippen molar-refractivity contribution in [2.24, 2.45) is 0 Å². The van der Waals surface area contributed by atoms with Gasteiger partial charge >= 0.3 is 0 Å². The SMILES string of the molecule is CC1(C)OC(c2cccc(NC3=CC(=O)N(CCO)C3=O)c2)OC1(C)C. The van der Waals surface area contributed by atoms with E-state index >= 15 is 0 Å². The number of imide groups is 1. The molecule has 140 valence electrons. The van der Waals surface area contributed by atoms with E-state index in [1.807, 2.05) is 45.9 Å². The van der Waals surface area contributed by atoms with E-state index in [9.17, 15) is 9.59 Å². The third-order valence-electron chi connectivity index (χ3n) is 5.02. The van der Waals surface area contributed by atoms with Crippen LogP contribution < -0.4 is 5.32 Å². The zero-order chi connectivity index (χ0) is 19.1. The summed E-state index contributed by atoms with van der Waals surface area (Å²) in [5.41, 5.74) is 0.757. The Kier molecular flexibility index (Phi) is 4.64. The number of rotatable bonds is 5. The van der Waals surface area contributed by atoms with Crippen LogP contribution >= 0.6 is 0 Å². The lowest BCUT2D eigenvalue weighted by molar-refractivity contribution is -0.137. The second-order valence-electron chi connectivity index (χ2n) is 7.42. The van der Waals surface area contributed by atoms with Gasteiger partial charge in [-0.2, -0.15) is 0 Å². The average molecular weight is 360 g/mol. The van der Waals surface area contributed by atoms with Gasteiger partial charge in [-0.15, -0.1) is 0 Å². The number of nitrogens with zero attached hydrogens (tertiary/aromatic N) is 1. The molecule has 2 heterocycles. The molecular formula is C19H24N2O5. The lowest BCUT2D eigenvalue weighted by Crippen LogP contribution is -2.41. The minimum Gasteiger partial charge on any atom is -0.395 e. The highest BCUT2D eigenvalue weighted by molar-refractivity contribution is 6.17. The zero-order valence-electron chi connectivity index (χ0n) is 15.4. The molecule has 3 rings (SSSR count). The lowest BCUT2D eigenvalue weighted by atomic mass is 9.90. The van der Waals surface area contributed by atoms with E-state index < -0.39 is 29.3 Å². The maximum atomic E-state index is 12.2. The van der Waals surface area contributed by atoms with Crippen LogP contribution in [0.1, 0.15) is 39.5 Å². The molecule has 0 aromatic heterocycles. The number of benzene rings is 1. The Balaban J connectivity index is 1.76. The van der Waals surface area contributed by atoms with E-state index in [2.05, 4.69) is 5.32 Å². The van der Waals surface area contributed by atoms with Crippen LogP contribution in [-0.2, 0) is 19.1 Å². The summed E-state index contributed by atoms with van der Waals surface area (Å²) in [4.78, 5) is 25.1. The average Bonchev–Trinajstić information content (AvgIpc) is 2.94. The number of nitrogens with one attached hydrogen (secondary N) is 1. The lowest BCUT2D eigenvalue weighted by Gasteiger charge is -2.30. The Morgan fingerprint density at radius 3 is 2.42 bits per heavy atom. The van der Waals surface area contributed by atoms with Gasteiger partial charge < -0.3 is 19.9 Å². The van der Waals surface area contributed by atoms with Gasteiger partial charge in [-0.25, -0.2) is 0 Å². The molecule has 26 heavy (non-hydrogen) atoms. The van der Waals surface area contributed by atoms with E-state index in [1.54, 1.807) is 6.07 Å². The predicted molar refractivity (Wildman–Crippen MR) is 95.0 cm³/mol. The second kappa shape index (κ2) is 6.50. The van der Waals surface area contributed by atoms with Crippen molar-refractivity contribution in [3.8, 4) is 0 Å². The Labute approximate surface area is 152 Å². The van der Waals surface area contributed by atoms with Gasteiger partial charge in [-0.05, 0) is 39.8 Å². The monoisotopic (exact) mass is 360 g/mol. The summed E-state index contributed by atoms with van der Waals surface area (Å²) in [7, 11) is 0. The smallest absolute Gasteiger partial charge is 0.277 e. The molecule has 1 aromatic rings. The Bertz CT molecular complexity index is 753. The fourth-order valence-electron chi connectivity index (χ4n) is 2.81. The second-order valence-corrected chi connectivity index (χ2v) is 7.42. The summed E-state index contributed by atoms with van der Waals surface area (Å²) >= 11 is 0. The zero-order valence-corrected chi connectivity index (χ0v) is 15.4. The first-order valence-corrected chi connectivity index (χ1v) is 8.55. The van der Waals surface area contributed by atoms with Crippen LogP contribution in [-0.4, -0.2) is 46.2 Å². The van der Waals surface area contributed by atoms with Crippen LogP contribution in [0, 0.1) is 0 Å². The van der Waals surface area contributed by atoms with Crippen molar-refractivity contribution in [2.75, 3.05) is 18.5 Å². The first-order valence-electron chi connectivity index (χ1n) is 8.55. The number of amides is 2. The summed E-state index contributed by atoms with van der Waals surface area (Å²) < 4.78 is 12.1. The molecule has 7 heteroatoms. The Morgan fingerprint density at radius 1 is 1.15 bits per heavy atom. The van der Waals surface area contributed by atoms with Gasteiger partial charge in [0.1, 0.15) is 5.70 Å². The van der Waals surface area contributed by atoms with Crippen LogP contribution in [0.25, 0.3) is 0 Å². The van der Waals surface area contributed by atoms with Crippen LogP contribution in [0.5, 0.6) is 0 Å². The molecule has 2 N–H and O–H groups in total. The molecule has 0 atom stereocenters. The highest BCUT2D eigenvalue weighted by Crippen LogP contribution is 2.45. The van der Waals surface area contributed by atoms with Gasteiger partial charge in [0.05, 0.1) is 24.4 Å². The number of β-amino-alcohol motifs (C(OH)–C–C–N with tert-alkyl or cyclic N) is 1. The molecule has 2 aliphatic rings. The predicted octanol–water partition coefficient (Wildman–Crippen LogP) is 1.95. The third kappa shape index (κ3) is 3.25. The molecule has 1 saturated heterocycles. The van der Waals surface area contributed by atoms with Crippen LogP contribution in [0.15, 0.2) is 36.0 Å². The number of ether oxygens (including phenoxy) is 2. The normalized spacial score (nSPS) is 22.0. The summed E-state index contributed by atoms with van der Waals surface area (Å²) in [6.45, 7) is 7.65. The minimum atomic E-state index is -0.512. The van der Waals surface area contributed by atoms with E-state index in [0.29, 0.717) is 5.69 Å². The summed E-state index contributed by atoms with van der Waals surface area (Å²) in [5.74, 6) is -0.890. The maximum Gasteiger partial charge on any atom is 0.277 e. The molecule has 0 aliphatic carbocycles. The largest absolute Gasteiger partial charge is 0.395 e. The molecule has 2 amide bonds. The molecule has 0 radical (unpaired) electrons. The number of aliphatic hydroxyl groups is 1. The van der Waals surface area contributed by atoms with Gasteiger partial charge in [-0.3, -0.25) is 14.5 Å². The van der Waals surface area contributed by atoms with E-state index in [0.717, 1.165) is 10.5 Å². The molecule has 0 spiro atoms. The molecule has 1 aromatic carbocycles. The quantitative estimate of drug-likeness (QED) is 0.781. The van der Waals surface area contributed by atoms with Crippen molar-refractivity contribution in [1.29, 1.82) is 0 Å². The maximum absolute atomic E-state index is 12.2. The van der Waals surface area contributed by atoms with Crippen molar-refractivity contribution in [2.45, 2.75) is 45.2 Å². The van der Waals surface area contributed by atoms with Crippen molar-refractivity contribution < 1.29 is 24.2 Å². The number of anilines is 1. The molecule has 0 unspecified atom stereocenters. The van der Waals surface area contributed by atoms with Gasteiger partial charge in [0, 0.05) is 17.3 Å². The number of carbonyl (C=O) groups is 2. The van der Waals surface area contributed by atoms with Crippen molar-refractivity contribution >= 4 is 17.5 Å². The van der Waals surface area contributed by atoms with Crippen LogP contribution in [0.4, 0.5) is 5.69 Å². The first-order chi connectivity index (χ1) is 12.1. The van der Waals surface area contributed by atoms with Gasteiger partial charge in [0.25, 0.3) is 11.8 Å². The third-order valence-corrected chi connectivity index (χ3v) is 5.02. The first kappa shape index (κ1) is 18.6. The number of carbonyl (C=O) groups excluding carboxylic acids is 2. The molecule has 1 fully saturated rings. The van der Waals surface area contributed by atoms with E-state index in [4.69, 9.17) is 14.6 Å². The summed E-state index contributed by atoms with van der Waals surface area (Å²) in [6, 6.07) is 7.34. The molecule has 7 nitrogen and oxygen atoms in total. The number of hydrogen-bond donors (Lipinski definition) is 2. The Morgan fingerprint density at radius 2 is 1.81 bits per heavy atom. The van der Waals surface area contributed by atoms with Crippen molar-refractivity contribution in [1.82, 2.24) is 4.90 Å². The fourth-order valence-corrected chi connectivity index (χ4v) is 2.81. The topological polar surface area (TPSA) is 88.1 Å². The summed E-state index contributed by atoms with van der Waals surface area (Å²) in [5, 5.41) is 11.9. The molecule has 2 aliphatic heterocycles. The molecular weight excluding hydrogens is 336 g/mol. The van der Waals surface area contributed by atoms with E-state index in [-0.39, 0.29) is 18.8 Å². The van der Waals surface area contributed by atoms with Crippen molar-refractivity contribution in [3.63, 3.8) is 0 Å². The van der Waals surface area contributed by atoms with Gasteiger partial charge in [0.15, 0.2) is 6.29 Å². The minimum absolute atomic E-state index is 0.0205. The van der Waals surface area contributed by atoms with Crippen LogP contribution in [0.2, 0.25) is 0 Å². The highest BCUT2D eigenvalue weighted by Gasteiger charge is 2.49. The van der Waals surface area contributed by atoms with Crippen LogP contribution in [0.3, 0.4) is 0 Å². The van der Waals surface area contributed by atoms with Crippen molar-refractivity contribution in [3.05, 3.63) is 41.6 Å². The number of aliphatic hydroxyl groups excluding tert-OH is 1. The fraction of sp³-hybridized carbons (Fsp3) is 0.474. The number of hydrogen-bond acceptors (Lipinski definition) is 6. The van der Waals surface area contributed by atoms with E-state index in [1.165, 1.54) is 6.08 Å². The molecule has 0 bridgehead atoms. The summed E-state index contributed by atoms with van der Waals surface area (Å²) in [6.07, 6.45) is 0.724. The Hall–Kier alpha value is -2.22. The standard InChI is InChI=1S/C19H24N2O5/c1-18(2)19(3,4)26-17(25-18)12-6-5-7-13(10-12)20-14-11-15(23)21(8-9-22)16(14)24/h5-7,10-11,17,20,22H,8-9H2,1-4H3. The highest BCUT2D eigenvalue weighted by atomic mass is 16.7. The molecule has 0 saturated carbocycles.